The molecular formula is C22H22N2O3S. The molecule has 3 aromatic rings. The summed E-state index contributed by atoms with van der Waals surface area (Å²) < 4.78 is 5.86. The third kappa shape index (κ3) is 3.87. The van der Waals surface area contributed by atoms with Crippen LogP contribution < -0.4 is 5.32 Å². The van der Waals surface area contributed by atoms with Gasteiger partial charge in [0.1, 0.15) is 11.3 Å². The Bertz CT molecular complexity index is 1010. The monoisotopic (exact) mass is 394 g/mol. The van der Waals surface area contributed by atoms with Gasteiger partial charge in [-0.15, -0.1) is 11.3 Å². The number of carbonyl (C=O) groups excluding carboxylic acids is 2. The average Bonchev–Trinajstić information content (AvgIpc) is 3.35. The topological polar surface area (TPSA) is 62.6 Å². The van der Waals surface area contributed by atoms with Gasteiger partial charge in [-0.25, -0.2) is 0 Å². The summed E-state index contributed by atoms with van der Waals surface area (Å²) in [6.45, 7) is 3.63. The number of hydrogen-bond donors (Lipinski definition) is 1. The highest BCUT2D eigenvalue weighted by atomic mass is 32.1. The van der Waals surface area contributed by atoms with E-state index in [0.29, 0.717) is 30.3 Å². The van der Waals surface area contributed by atoms with Gasteiger partial charge < -0.3 is 14.6 Å². The van der Waals surface area contributed by atoms with Gasteiger partial charge in [0, 0.05) is 29.4 Å². The summed E-state index contributed by atoms with van der Waals surface area (Å²) in [7, 11) is 0. The Balaban J connectivity index is 1.61. The quantitative estimate of drug-likeness (QED) is 0.632. The number of fused-ring (bicyclic) bond motifs is 1. The molecule has 0 saturated carbocycles. The van der Waals surface area contributed by atoms with Crippen LogP contribution in [-0.4, -0.2) is 29.8 Å². The highest BCUT2D eigenvalue weighted by molar-refractivity contribution is 7.10. The molecule has 0 radical (unpaired) electrons. The van der Waals surface area contributed by atoms with Crippen molar-refractivity contribution < 1.29 is 14.0 Å². The molecule has 0 bridgehead atoms. The second kappa shape index (κ2) is 8.02. The number of piperidine rings is 1. The van der Waals surface area contributed by atoms with Gasteiger partial charge in [-0.1, -0.05) is 25.1 Å². The van der Waals surface area contributed by atoms with Crippen LogP contribution >= 0.6 is 11.3 Å². The van der Waals surface area contributed by atoms with Gasteiger partial charge in [0.2, 0.25) is 11.7 Å². The van der Waals surface area contributed by atoms with E-state index in [9.17, 15) is 9.59 Å². The van der Waals surface area contributed by atoms with E-state index in [-0.39, 0.29) is 17.6 Å². The number of nitrogens with one attached hydrogen (secondary N) is 1. The van der Waals surface area contributed by atoms with Crippen molar-refractivity contribution in [3.8, 4) is 0 Å². The van der Waals surface area contributed by atoms with Gasteiger partial charge in [-0.3, -0.25) is 9.59 Å². The number of benzene rings is 1. The van der Waals surface area contributed by atoms with Gasteiger partial charge in [-0.2, -0.15) is 0 Å². The highest BCUT2D eigenvalue weighted by Crippen LogP contribution is 2.32. The van der Waals surface area contributed by atoms with E-state index >= 15 is 0 Å². The summed E-state index contributed by atoms with van der Waals surface area (Å²) >= 11 is 1.56. The lowest BCUT2D eigenvalue weighted by Crippen LogP contribution is -2.38. The lowest BCUT2D eigenvalue weighted by atomic mass is 9.99. The molecular weight excluding hydrogens is 372 g/mol. The molecule has 1 fully saturated rings. The zero-order valence-corrected chi connectivity index (χ0v) is 16.5. The van der Waals surface area contributed by atoms with Crippen LogP contribution in [-0.2, 0) is 4.79 Å². The summed E-state index contributed by atoms with van der Waals surface area (Å²) in [5, 5.41) is 5.55. The number of furan rings is 1. The van der Waals surface area contributed by atoms with Crippen molar-refractivity contribution in [3.63, 3.8) is 0 Å². The van der Waals surface area contributed by atoms with Crippen LogP contribution in [0.15, 0.2) is 52.3 Å². The second-order valence-electron chi connectivity index (χ2n) is 7.12. The number of para-hydroxylation sites is 1. The molecule has 2 amide bonds. The Morgan fingerprint density at radius 1 is 1.18 bits per heavy atom. The lowest BCUT2D eigenvalue weighted by Gasteiger charge is -2.29. The molecule has 28 heavy (non-hydrogen) atoms. The second-order valence-corrected chi connectivity index (χ2v) is 8.09. The van der Waals surface area contributed by atoms with Crippen molar-refractivity contribution in [2.75, 3.05) is 18.4 Å². The van der Waals surface area contributed by atoms with Gasteiger partial charge in [0.15, 0.2) is 0 Å². The molecule has 2 aromatic heterocycles. The van der Waals surface area contributed by atoms with Crippen molar-refractivity contribution in [1.29, 1.82) is 0 Å². The van der Waals surface area contributed by atoms with Crippen LogP contribution in [0.2, 0.25) is 0 Å². The minimum Gasteiger partial charge on any atom is -0.449 e. The molecule has 1 aliphatic heterocycles. The molecule has 6 heteroatoms. The maximum absolute atomic E-state index is 13.1. The van der Waals surface area contributed by atoms with Gasteiger partial charge >= 0.3 is 0 Å². The average molecular weight is 394 g/mol. The molecule has 1 N–H and O–H groups in total. The largest absolute Gasteiger partial charge is 0.449 e. The van der Waals surface area contributed by atoms with Crippen LogP contribution in [0.5, 0.6) is 0 Å². The number of rotatable bonds is 4. The summed E-state index contributed by atoms with van der Waals surface area (Å²) in [6.07, 6.45) is 5.20. The third-order valence-electron chi connectivity index (χ3n) is 5.05. The predicted molar refractivity (Wildman–Crippen MR) is 112 cm³/mol. The molecule has 4 rings (SSSR count). The molecule has 1 aliphatic rings. The Morgan fingerprint density at radius 2 is 1.96 bits per heavy atom. The number of likely N-dealkylation sites (tertiary alicyclic amines) is 1. The Kier molecular flexibility index (Phi) is 5.30. The van der Waals surface area contributed by atoms with E-state index in [2.05, 4.69) is 12.2 Å². The summed E-state index contributed by atoms with van der Waals surface area (Å²) in [5.74, 6) is 0.372. The maximum Gasteiger partial charge on any atom is 0.291 e. The van der Waals surface area contributed by atoms with Crippen molar-refractivity contribution in [1.82, 2.24) is 4.90 Å². The first-order chi connectivity index (χ1) is 13.6. The maximum atomic E-state index is 13.1. The van der Waals surface area contributed by atoms with Crippen molar-refractivity contribution in [2.24, 2.45) is 5.92 Å². The molecule has 3 heterocycles. The number of amides is 2. The number of hydrogen-bond acceptors (Lipinski definition) is 4. The molecule has 5 nitrogen and oxygen atoms in total. The minimum absolute atomic E-state index is 0.166. The van der Waals surface area contributed by atoms with Crippen molar-refractivity contribution in [2.45, 2.75) is 19.8 Å². The predicted octanol–water partition coefficient (Wildman–Crippen LogP) is 5.02. The Hall–Kier alpha value is -2.86. The fraction of sp³-hybridized carbons (Fsp3) is 0.273. The fourth-order valence-electron chi connectivity index (χ4n) is 3.38. The molecule has 0 spiro atoms. The molecule has 0 unspecified atom stereocenters. The van der Waals surface area contributed by atoms with Crippen molar-refractivity contribution in [3.05, 3.63) is 58.5 Å². The molecule has 1 saturated heterocycles. The normalized spacial score (nSPS) is 15.4. The first-order valence-corrected chi connectivity index (χ1v) is 10.3. The van der Waals surface area contributed by atoms with Crippen LogP contribution in [0, 0.1) is 5.92 Å². The van der Waals surface area contributed by atoms with Crippen LogP contribution in [0.3, 0.4) is 0 Å². The van der Waals surface area contributed by atoms with E-state index in [0.717, 1.165) is 23.1 Å². The molecule has 1 aromatic carbocycles. The van der Waals surface area contributed by atoms with Crippen LogP contribution in [0.1, 0.15) is 35.2 Å². The minimum atomic E-state index is -0.290. The number of anilines is 1. The smallest absolute Gasteiger partial charge is 0.291 e. The van der Waals surface area contributed by atoms with Gasteiger partial charge in [0.25, 0.3) is 5.91 Å². The SMILES string of the molecule is CC1CCN(C(=O)c2oc3ccccc3c2NC(=O)/C=C/c2cccs2)CC1. The van der Waals surface area contributed by atoms with Crippen LogP contribution in [0.4, 0.5) is 5.69 Å². The fourth-order valence-corrected chi connectivity index (χ4v) is 4.00. The first kappa shape index (κ1) is 18.5. The standard InChI is InChI=1S/C22H22N2O3S/c1-15-10-12-24(13-11-15)22(26)21-20(17-6-2-3-7-18(17)27-21)23-19(25)9-8-16-5-4-14-28-16/h2-9,14-15H,10-13H2,1H3,(H,23,25)/b9-8+. The van der Waals surface area contributed by atoms with E-state index in [1.54, 1.807) is 17.4 Å². The van der Waals surface area contributed by atoms with E-state index in [4.69, 9.17) is 4.42 Å². The summed E-state index contributed by atoms with van der Waals surface area (Å²) in [6, 6.07) is 11.3. The first-order valence-electron chi connectivity index (χ1n) is 9.45. The number of carbonyl (C=O) groups is 2. The van der Waals surface area contributed by atoms with E-state index in [1.165, 1.54) is 6.08 Å². The lowest BCUT2D eigenvalue weighted by molar-refractivity contribution is -0.111. The van der Waals surface area contributed by atoms with E-state index in [1.807, 2.05) is 46.7 Å². The highest BCUT2D eigenvalue weighted by Gasteiger charge is 2.28. The Morgan fingerprint density at radius 3 is 2.71 bits per heavy atom. The summed E-state index contributed by atoms with van der Waals surface area (Å²) in [5.41, 5.74) is 1.04. The number of nitrogens with zero attached hydrogens (tertiary/aromatic N) is 1. The molecule has 0 atom stereocenters. The van der Waals surface area contributed by atoms with Crippen LogP contribution in [0.25, 0.3) is 17.0 Å². The zero-order chi connectivity index (χ0) is 19.5. The molecule has 144 valence electrons. The van der Waals surface area contributed by atoms with Gasteiger partial charge in [0.05, 0.1) is 0 Å². The van der Waals surface area contributed by atoms with Crippen molar-refractivity contribution >= 4 is 45.9 Å². The Labute approximate surface area is 167 Å². The summed E-state index contributed by atoms with van der Waals surface area (Å²) in [4.78, 5) is 28.4. The third-order valence-corrected chi connectivity index (χ3v) is 5.89. The van der Waals surface area contributed by atoms with Gasteiger partial charge in [-0.05, 0) is 48.4 Å². The molecule has 0 aliphatic carbocycles. The zero-order valence-electron chi connectivity index (χ0n) is 15.7. The van der Waals surface area contributed by atoms with E-state index < -0.39 is 0 Å². The number of thiophene rings is 1.